The molecule has 2 aromatic rings. The number of rotatable bonds is 6. The van der Waals surface area contributed by atoms with Crippen molar-refractivity contribution in [2.45, 2.75) is 62.9 Å². The number of halogens is 5. The molecule has 1 aliphatic carbocycles. The van der Waals surface area contributed by atoms with E-state index in [-0.39, 0.29) is 28.3 Å². The molecule has 7 N–H and O–H groups in total. The second-order valence-corrected chi connectivity index (χ2v) is 8.37. The summed E-state index contributed by atoms with van der Waals surface area (Å²) in [7, 11) is 0. The van der Waals surface area contributed by atoms with E-state index in [9.17, 15) is 42.1 Å². The van der Waals surface area contributed by atoms with Gasteiger partial charge in [-0.3, -0.25) is 4.79 Å². The highest BCUT2D eigenvalue weighted by Crippen LogP contribution is 2.32. The zero-order chi connectivity index (χ0) is 31.3. The number of nitrogens with one attached hydrogen (secondary N) is 1. The number of nitrogens with zero attached hydrogens (tertiary/aromatic N) is 2. The summed E-state index contributed by atoms with van der Waals surface area (Å²) in [6, 6.07) is 2.46. The fourth-order valence-electron chi connectivity index (χ4n) is 3.52. The number of carbonyl (C=O) groups excluding carboxylic acids is 1. The van der Waals surface area contributed by atoms with Crippen molar-refractivity contribution in [2.75, 3.05) is 12.3 Å². The molecule has 1 aromatic carbocycles. The number of carbonyl (C=O) groups is 2. The summed E-state index contributed by atoms with van der Waals surface area (Å²) in [5.41, 5.74) is 1.45. The molecule has 1 aromatic heterocycles. The maximum absolute atomic E-state index is 13.5. The Morgan fingerprint density at radius 2 is 1.89 bits per heavy atom. The maximum Gasteiger partial charge on any atom is 0.490 e. The molecule has 1 saturated carbocycles. The first-order valence-corrected chi connectivity index (χ1v) is 11.0. The van der Waals surface area contributed by atoms with Crippen LogP contribution in [0.15, 0.2) is 24.4 Å². The van der Waals surface area contributed by atoms with Crippen LogP contribution in [0.5, 0.6) is 0 Å². The predicted octanol–water partition coefficient (Wildman–Crippen LogP) is 2.15. The summed E-state index contributed by atoms with van der Waals surface area (Å²) >= 11 is 0. The number of nitrogens with two attached hydrogens (primary N) is 1. The molecular formula is C23H27F5N4O6. The number of aryl methyl sites for hydroxylation is 1. The number of hydrogen-bond donors (Lipinski definition) is 6. The smallest absolute Gasteiger partial charge is 0.475 e. The Morgan fingerprint density at radius 1 is 1.26 bits per heavy atom. The van der Waals surface area contributed by atoms with E-state index in [1.807, 2.05) is 0 Å². The Kier molecular flexibility index (Phi) is 8.55. The van der Waals surface area contributed by atoms with Crippen LogP contribution in [-0.4, -0.2) is 73.6 Å². The summed E-state index contributed by atoms with van der Waals surface area (Å²) in [4.78, 5) is 29.8. The van der Waals surface area contributed by atoms with Gasteiger partial charge >= 0.3 is 12.1 Å². The van der Waals surface area contributed by atoms with Gasteiger partial charge in [-0.15, -0.1) is 0 Å². The first-order valence-electron chi connectivity index (χ1n) is 12.5. The van der Waals surface area contributed by atoms with E-state index >= 15 is 0 Å². The van der Waals surface area contributed by atoms with Crippen molar-refractivity contribution < 1.29 is 56.1 Å². The molecule has 1 amide bonds. The Hall–Kier alpha value is -3.43. The second-order valence-electron chi connectivity index (χ2n) is 8.37. The molecule has 3 rings (SSSR count). The SMILES string of the molecule is O=C(O)C(F)(F)F.[2H]C([2H])([2H])c1ccc([C@](O)(CO)C(F)F)cc1-c1cnc(N)c(C(=O)N[C@H]2CCCC[C@@H]2O)n1. The molecule has 1 aliphatic rings. The van der Waals surface area contributed by atoms with Crippen LogP contribution in [0.4, 0.5) is 27.8 Å². The van der Waals surface area contributed by atoms with Gasteiger partial charge in [-0.25, -0.2) is 23.5 Å². The van der Waals surface area contributed by atoms with Gasteiger partial charge in [-0.2, -0.15) is 13.2 Å². The van der Waals surface area contributed by atoms with E-state index in [0.717, 1.165) is 37.2 Å². The number of aromatic nitrogens is 2. The van der Waals surface area contributed by atoms with Crippen molar-refractivity contribution in [1.82, 2.24) is 15.3 Å². The van der Waals surface area contributed by atoms with E-state index < -0.39 is 61.2 Å². The number of carboxylic acids is 1. The average Bonchev–Trinajstić information content (AvgIpc) is 2.88. The van der Waals surface area contributed by atoms with E-state index in [1.165, 1.54) is 0 Å². The lowest BCUT2D eigenvalue weighted by molar-refractivity contribution is -0.192. The number of alkyl halides is 5. The zero-order valence-corrected chi connectivity index (χ0v) is 19.5. The quantitative estimate of drug-likeness (QED) is 0.292. The molecule has 15 heteroatoms. The second kappa shape index (κ2) is 12.4. The van der Waals surface area contributed by atoms with Crippen molar-refractivity contribution in [2.24, 2.45) is 0 Å². The van der Waals surface area contributed by atoms with Crippen molar-refractivity contribution in [3.63, 3.8) is 0 Å². The fraction of sp³-hybridized carbons (Fsp3) is 0.478. The highest BCUT2D eigenvalue weighted by molar-refractivity contribution is 5.97. The maximum atomic E-state index is 13.5. The van der Waals surface area contributed by atoms with Crippen molar-refractivity contribution in [3.8, 4) is 11.3 Å². The first-order chi connectivity index (χ1) is 18.8. The molecule has 3 atom stereocenters. The fourth-order valence-corrected chi connectivity index (χ4v) is 3.52. The first kappa shape index (κ1) is 26.2. The molecular weight excluding hydrogens is 523 g/mol. The zero-order valence-electron chi connectivity index (χ0n) is 22.5. The number of aliphatic hydroxyl groups excluding tert-OH is 2. The van der Waals surface area contributed by atoms with E-state index in [2.05, 4.69) is 15.3 Å². The van der Waals surface area contributed by atoms with Gasteiger partial charge in [0.1, 0.15) is 0 Å². The minimum Gasteiger partial charge on any atom is -0.475 e. The highest BCUT2D eigenvalue weighted by atomic mass is 19.4. The third-order valence-electron chi connectivity index (χ3n) is 5.70. The van der Waals surface area contributed by atoms with Gasteiger partial charge < -0.3 is 31.5 Å². The molecule has 0 aliphatic heterocycles. The molecule has 0 bridgehead atoms. The van der Waals surface area contributed by atoms with Crippen LogP contribution in [-0.2, 0) is 10.4 Å². The topological polar surface area (TPSA) is 179 Å². The van der Waals surface area contributed by atoms with E-state index in [1.54, 1.807) is 0 Å². The van der Waals surface area contributed by atoms with Crippen LogP contribution in [0.25, 0.3) is 11.3 Å². The van der Waals surface area contributed by atoms with E-state index in [4.69, 9.17) is 19.7 Å². The lowest BCUT2D eigenvalue weighted by Crippen LogP contribution is -2.45. The van der Waals surface area contributed by atoms with Crippen LogP contribution in [0.3, 0.4) is 0 Å². The summed E-state index contributed by atoms with van der Waals surface area (Å²) in [5.74, 6) is -3.74. The molecule has 0 unspecified atom stereocenters. The highest BCUT2D eigenvalue weighted by Gasteiger charge is 2.40. The number of anilines is 1. The molecule has 10 nitrogen and oxygen atoms in total. The Labute approximate surface area is 217 Å². The van der Waals surface area contributed by atoms with Gasteiger partial charge in [-0.05, 0) is 36.9 Å². The standard InChI is InChI=1S/C21H26F2N4O4.C2HF3O2/c1-11-6-7-12(21(31,10-28)20(22)23)8-13(11)15-9-25-18(24)17(26-15)19(30)27-14-4-2-3-5-16(14)29;3-2(4,5)1(6)7/h6-9,14,16,20,28-29,31H,2-5,10H2,1H3,(H2,24,25)(H,27,30);(H,6,7)/t14-,16-,21+;/m0./s1/i1D3;. The van der Waals surface area contributed by atoms with Crippen LogP contribution in [0.1, 0.15) is 51.4 Å². The summed E-state index contributed by atoms with van der Waals surface area (Å²) in [5, 5.41) is 39.5. The monoisotopic (exact) mass is 553 g/mol. The van der Waals surface area contributed by atoms with Crippen molar-refractivity contribution in [3.05, 3.63) is 41.2 Å². The number of hydrogen-bond acceptors (Lipinski definition) is 8. The average molecular weight is 553 g/mol. The number of nitrogen functional groups attached to an aromatic ring is 1. The minimum absolute atomic E-state index is 0.161. The Bertz CT molecular complexity index is 1250. The number of amides is 1. The number of aliphatic carboxylic acids is 1. The van der Waals surface area contributed by atoms with Gasteiger partial charge in [0.25, 0.3) is 12.3 Å². The lowest BCUT2D eigenvalue weighted by atomic mass is 9.91. The van der Waals surface area contributed by atoms with Crippen molar-refractivity contribution >= 4 is 17.7 Å². The molecule has 0 radical (unpaired) electrons. The predicted molar refractivity (Wildman–Crippen MR) is 123 cm³/mol. The molecule has 210 valence electrons. The van der Waals surface area contributed by atoms with E-state index in [0.29, 0.717) is 12.8 Å². The van der Waals surface area contributed by atoms with Gasteiger partial charge in [-0.1, -0.05) is 25.0 Å². The van der Waals surface area contributed by atoms with Gasteiger partial charge in [0.05, 0.1) is 30.6 Å². The third kappa shape index (κ3) is 7.33. The van der Waals surface area contributed by atoms with Crippen LogP contribution >= 0.6 is 0 Å². The Balaban J connectivity index is 0.000000745. The van der Waals surface area contributed by atoms with Gasteiger partial charge in [0.2, 0.25) is 0 Å². The van der Waals surface area contributed by atoms with Gasteiger partial charge in [0.15, 0.2) is 17.1 Å². The van der Waals surface area contributed by atoms with Crippen LogP contribution in [0, 0.1) is 6.85 Å². The largest absolute Gasteiger partial charge is 0.490 e. The molecule has 0 saturated heterocycles. The molecule has 1 heterocycles. The van der Waals surface area contributed by atoms with Crippen LogP contribution < -0.4 is 11.1 Å². The summed E-state index contributed by atoms with van der Waals surface area (Å²) < 4.78 is 82.0. The Morgan fingerprint density at radius 3 is 2.42 bits per heavy atom. The molecule has 38 heavy (non-hydrogen) atoms. The number of benzene rings is 1. The van der Waals surface area contributed by atoms with Crippen molar-refractivity contribution in [1.29, 1.82) is 0 Å². The molecule has 1 fully saturated rings. The number of aliphatic hydroxyl groups is 3. The summed E-state index contributed by atoms with van der Waals surface area (Å²) in [6.07, 6.45) is -5.38. The minimum atomic E-state index is -5.08. The number of carboxylic acid groups (broad SMARTS) is 1. The normalized spacial score (nSPS) is 20.7. The van der Waals surface area contributed by atoms with Gasteiger partial charge in [0, 0.05) is 9.68 Å². The lowest BCUT2D eigenvalue weighted by Gasteiger charge is -2.28. The third-order valence-corrected chi connectivity index (χ3v) is 5.70. The van der Waals surface area contributed by atoms with Crippen LogP contribution in [0.2, 0.25) is 0 Å². The summed E-state index contributed by atoms with van der Waals surface area (Å²) in [6.45, 7) is -4.02. The molecule has 0 spiro atoms.